The number of likely N-dealkylation sites (N-methyl/N-ethyl adjacent to an activating group) is 1. The van der Waals surface area contributed by atoms with Crippen LogP contribution in [0, 0.1) is 6.20 Å². The van der Waals surface area contributed by atoms with Crippen molar-refractivity contribution in [3.63, 3.8) is 0 Å². The zero-order chi connectivity index (χ0) is 13.9. The fourth-order valence-corrected chi connectivity index (χ4v) is 3.85. The van der Waals surface area contributed by atoms with Crippen LogP contribution >= 0.6 is 11.8 Å². The summed E-state index contributed by atoms with van der Waals surface area (Å²) in [6, 6.07) is -0.445. The van der Waals surface area contributed by atoms with E-state index in [1.807, 2.05) is 0 Å². The van der Waals surface area contributed by atoms with Gasteiger partial charge in [-0.15, -0.1) is 11.8 Å². The molecule has 9 heteroatoms. The number of nitrogens with one attached hydrogen (secondary N) is 1. The molecule has 3 amide bonds. The van der Waals surface area contributed by atoms with Crippen LogP contribution in [0.1, 0.15) is 12.6 Å². The van der Waals surface area contributed by atoms with E-state index >= 15 is 0 Å². The molecule has 1 fully saturated rings. The molecular weight excluding hydrogens is 357 g/mol. The summed E-state index contributed by atoms with van der Waals surface area (Å²) in [4.78, 5) is 41.5. The summed E-state index contributed by atoms with van der Waals surface area (Å²) in [5.74, 6) is -0.430. The minimum atomic E-state index is -1.02. The Morgan fingerprint density at radius 1 is 1.35 bits per heavy atom. The van der Waals surface area contributed by atoms with Crippen LogP contribution in [-0.2, 0) is 50.0 Å². The summed E-state index contributed by atoms with van der Waals surface area (Å²) in [5.41, 5.74) is -1.09. The molecule has 2 atom stereocenters. The quantitative estimate of drug-likeness (QED) is 0.622. The van der Waals surface area contributed by atoms with Crippen molar-refractivity contribution in [3.05, 3.63) is 22.4 Å². The predicted octanol–water partition coefficient (Wildman–Crippen LogP) is -0.551. The average Bonchev–Trinajstić information content (AvgIpc) is 2.63. The molecule has 0 saturated carbocycles. The first kappa shape index (κ1) is 15.7. The third kappa shape index (κ3) is 1.88. The van der Waals surface area contributed by atoms with Gasteiger partial charge in [0.15, 0.2) is 0 Å². The zero-order valence-corrected chi connectivity index (χ0v) is 14.8. The third-order valence-electron chi connectivity index (χ3n) is 3.56. The molecule has 1 N–H and O–H groups in total. The summed E-state index contributed by atoms with van der Waals surface area (Å²) in [6.07, 6.45) is 2.88. The minimum Gasteiger partial charge on any atom is -0.410 e. The van der Waals surface area contributed by atoms with E-state index in [2.05, 4.69) is 16.5 Å². The molecule has 2 unspecified atom stereocenters. The Bertz CT molecular complexity index is 676. The molecule has 2 aliphatic rings. The number of imide groups is 1. The summed E-state index contributed by atoms with van der Waals surface area (Å²) in [5, 5.41) is 1.88. The van der Waals surface area contributed by atoms with E-state index in [9.17, 15) is 14.4 Å². The Balaban J connectivity index is 0.00000147. The van der Waals surface area contributed by atoms with E-state index in [1.165, 1.54) is 21.2 Å². The van der Waals surface area contributed by atoms with Crippen molar-refractivity contribution < 1.29 is 42.3 Å². The van der Waals surface area contributed by atoms with Crippen molar-refractivity contribution in [1.29, 1.82) is 0 Å². The molecule has 0 bridgehead atoms. The van der Waals surface area contributed by atoms with Gasteiger partial charge in [-0.1, -0.05) is 18.0 Å². The van der Waals surface area contributed by atoms with E-state index in [1.54, 1.807) is 21.0 Å². The average molecular weight is 368 g/mol. The zero-order valence-electron chi connectivity index (χ0n) is 11.1. The van der Waals surface area contributed by atoms with Crippen molar-refractivity contribution in [2.45, 2.75) is 22.6 Å². The van der Waals surface area contributed by atoms with Gasteiger partial charge in [-0.25, -0.2) is 4.79 Å². The SMILES string of the molecule is CN1C(=O)NC(=O)C2(C)c3nc(=O)n(C)[c-]c3SC12.[Y]. The largest absolute Gasteiger partial charge is 0.410 e. The normalized spacial score (nSPS) is 27.6. The Kier molecular flexibility index (Phi) is 3.86. The smallest absolute Gasteiger partial charge is 0.324 e. The van der Waals surface area contributed by atoms with Crippen LogP contribution in [0.15, 0.2) is 9.69 Å². The number of carbonyl (C=O) groups excluding carboxylic acids is 2. The second-order valence-corrected chi connectivity index (χ2v) is 5.88. The van der Waals surface area contributed by atoms with E-state index in [0.717, 1.165) is 0 Å². The summed E-state index contributed by atoms with van der Waals surface area (Å²) in [7, 11) is 3.16. The second kappa shape index (κ2) is 4.92. The van der Waals surface area contributed by atoms with Crippen molar-refractivity contribution in [2.75, 3.05) is 7.05 Å². The van der Waals surface area contributed by atoms with Crippen molar-refractivity contribution in [1.82, 2.24) is 19.8 Å². The first-order chi connectivity index (χ1) is 8.85. The van der Waals surface area contributed by atoms with Crippen LogP contribution in [0.25, 0.3) is 0 Å². The van der Waals surface area contributed by atoms with Crippen molar-refractivity contribution in [2.24, 2.45) is 7.05 Å². The standard InChI is InChI=1S/C11H11N4O3S.Y/c1-11-6-5(4-14(2)9(17)12-6)19-8(11)15(3)10(18)13-7(11)16;/h8H,1-3H3,(H,13,16,18);/q-1;. The Morgan fingerprint density at radius 2 is 2.00 bits per heavy atom. The number of urea groups is 1. The maximum Gasteiger partial charge on any atom is 0.324 e. The number of carbonyl (C=O) groups is 2. The van der Waals surface area contributed by atoms with Crippen LogP contribution in [0.4, 0.5) is 4.79 Å². The summed E-state index contributed by atoms with van der Waals surface area (Å²) < 4.78 is 1.24. The topological polar surface area (TPSA) is 84.3 Å². The first-order valence-corrected chi connectivity index (χ1v) is 6.49. The van der Waals surface area contributed by atoms with Gasteiger partial charge < -0.3 is 19.2 Å². The number of aryl methyl sites for hydroxylation is 1. The molecule has 1 aromatic heterocycles. The molecule has 20 heavy (non-hydrogen) atoms. The van der Waals surface area contributed by atoms with Crippen LogP contribution in [0.2, 0.25) is 0 Å². The van der Waals surface area contributed by atoms with Gasteiger partial charge in [-0.05, 0) is 12.7 Å². The van der Waals surface area contributed by atoms with E-state index in [4.69, 9.17) is 0 Å². The van der Waals surface area contributed by atoms with Crippen molar-refractivity contribution >= 4 is 23.7 Å². The molecule has 7 nitrogen and oxygen atoms in total. The molecule has 1 saturated heterocycles. The summed E-state index contributed by atoms with van der Waals surface area (Å²) in [6.45, 7) is 1.69. The number of amides is 3. The van der Waals surface area contributed by atoms with Crippen LogP contribution in [0.5, 0.6) is 0 Å². The van der Waals surface area contributed by atoms with Crippen LogP contribution < -0.4 is 11.0 Å². The molecule has 1 radical (unpaired) electrons. The second-order valence-electron chi connectivity index (χ2n) is 4.79. The van der Waals surface area contributed by atoms with E-state index in [-0.39, 0.29) is 32.7 Å². The number of thioether (sulfide) groups is 1. The first-order valence-electron chi connectivity index (χ1n) is 5.61. The minimum absolute atomic E-state index is 0. The maximum atomic E-state index is 12.2. The fraction of sp³-hybridized carbons (Fsp3) is 0.455. The van der Waals surface area contributed by atoms with Crippen molar-refractivity contribution in [3.8, 4) is 0 Å². The molecule has 0 spiro atoms. The van der Waals surface area contributed by atoms with Gasteiger partial charge in [-0.2, -0.15) is 0 Å². The van der Waals surface area contributed by atoms with Gasteiger partial charge >= 0.3 is 6.03 Å². The Hall–Kier alpha value is -0.726. The fourth-order valence-electron chi connectivity index (χ4n) is 2.36. The Morgan fingerprint density at radius 3 is 2.65 bits per heavy atom. The summed E-state index contributed by atoms with van der Waals surface area (Å²) >= 11 is 1.32. The number of nitrogens with zero attached hydrogens (tertiary/aromatic N) is 3. The van der Waals surface area contributed by atoms with E-state index < -0.39 is 28.4 Å². The molecular formula is C11H11N4O3SY-. The molecule has 103 valence electrons. The number of aromatic nitrogens is 2. The van der Waals surface area contributed by atoms with Gasteiger partial charge in [0.1, 0.15) is 0 Å². The van der Waals surface area contributed by atoms with E-state index in [0.29, 0.717) is 10.6 Å². The van der Waals surface area contributed by atoms with Gasteiger partial charge in [0, 0.05) is 39.8 Å². The number of hydrogen-bond donors (Lipinski definition) is 1. The molecule has 3 heterocycles. The molecule has 1 aromatic rings. The molecule has 2 aliphatic heterocycles. The van der Waals surface area contributed by atoms with Gasteiger partial charge in [-0.3, -0.25) is 10.1 Å². The van der Waals surface area contributed by atoms with Crippen LogP contribution in [-0.4, -0.2) is 38.8 Å². The number of hydrogen-bond acceptors (Lipinski definition) is 5. The molecule has 0 aliphatic carbocycles. The Labute approximate surface area is 144 Å². The third-order valence-corrected chi connectivity index (χ3v) is 5.09. The van der Waals surface area contributed by atoms with Crippen LogP contribution in [0.3, 0.4) is 0 Å². The van der Waals surface area contributed by atoms with Gasteiger partial charge in [0.05, 0.1) is 10.8 Å². The van der Waals surface area contributed by atoms with Gasteiger partial charge in [0.2, 0.25) is 11.6 Å². The molecule has 3 rings (SSSR count). The monoisotopic (exact) mass is 368 g/mol. The number of fused-ring (bicyclic) bond motifs is 3. The number of rotatable bonds is 0. The van der Waals surface area contributed by atoms with Gasteiger partial charge in [0.25, 0.3) is 0 Å². The maximum absolute atomic E-state index is 12.2. The molecule has 0 aromatic carbocycles. The predicted molar refractivity (Wildman–Crippen MR) is 66.6 cm³/mol.